The Morgan fingerprint density at radius 1 is 0.935 bits per heavy atom. The van der Waals surface area contributed by atoms with E-state index in [4.69, 9.17) is 26.1 Å². The lowest BCUT2D eigenvalue weighted by Gasteiger charge is -2.24. The van der Waals surface area contributed by atoms with Crippen molar-refractivity contribution in [3.63, 3.8) is 0 Å². The Hall–Kier alpha value is -3.05. The number of hydrogen-bond donors (Lipinski definition) is 0. The normalized spacial score (nSPS) is 17.1. The predicted octanol–water partition coefficient (Wildman–Crippen LogP) is 5.17. The first kappa shape index (κ1) is 21.2. The van der Waals surface area contributed by atoms with Crippen LogP contribution in [0.5, 0.6) is 11.5 Å². The molecule has 31 heavy (non-hydrogen) atoms. The molecule has 1 saturated carbocycles. The van der Waals surface area contributed by atoms with Gasteiger partial charge in [-0.25, -0.2) is 4.98 Å². The number of carbonyl (C=O) groups is 1. The van der Waals surface area contributed by atoms with Crippen molar-refractivity contribution < 1.29 is 14.3 Å². The molecule has 0 amide bonds. The van der Waals surface area contributed by atoms with Gasteiger partial charge in [0.1, 0.15) is 17.3 Å². The molecule has 1 aliphatic carbocycles. The summed E-state index contributed by atoms with van der Waals surface area (Å²) in [6.07, 6.45) is 2.68. The molecule has 0 saturated heterocycles. The highest BCUT2D eigenvalue weighted by molar-refractivity contribution is 6.64. The number of aromatic nitrogens is 1. The van der Waals surface area contributed by atoms with E-state index in [1.54, 1.807) is 14.2 Å². The summed E-state index contributed by atoms with van der Waals surface area (Å²) in [5.41, 5.74) is 3.39. The Morgan fingerprint density at radius 2 is 1.48 bits per heavy atom. The van der Waals surface area contributed by atoms with E-state index in [-0.39, 0.29) is 17.1 Å². The highest BCUT2D eigenvalue weighted by atomic mass is 35.5. The number of hydrogen-bond acceptors (Lipinski definition) is 5. The number of benzene rings is 2. The third kappa shape index (κ3) is 5.17. The fourth-order valence-electron chi connectivity index (χ4n) is 3.74. The van der Waals surface area contributed by atoms with Gasteiger partial charge in [0.15, 0.2) is 0 Å². The third-order valence-electron chi connectivity index (χ3n) is 5.67. The van der Waals surface area contributed by atoms with Crippen LogP contribution in [-0.2, 0) is 17.9 Å². The Balaban J connectivity index is 1.55. The number of ether oxygens (including phenoxy) is 2. The van der Waals surface area contributed by atoms with E-state index in [2.05, 4.69) is 35.2 Å². The van der Waals surface area contributed by atoms with Gasteiger partial charge in [-0.3, -0.25) is 4.79 Å². The van der Waals surface area contributed by atoms with Crippen molar-refractivity contribution >= 4 is 22.7 Å². The van der Waals surface area contributed by atoms with Gasteiger partial charge in [-0.15, -0.1) is 0 Å². The number of anilines is 1. The molecule has 1 aliphatic rings. The molecule has 160 valence electrons. The molecule has 3 aromatic rings. The van der Waals surface area contributed by atoms with Crippen LogP contribution in [-0.4, -0.2) is 24.4 Å². The first-order valence-corrected chi connectivity index (χ1v) is 10.6. The number of nitrogens with zero attached hydrogens (tertiary/aromatic N) is 2. The minimum absolute atomic E-state index is 0.0657. The molecule has 0 radical (unpaired) electrons. The second-order valence-electron chi connectivity index (χ2n) is 7.75. The molecule has 5 nitrogen and oxygen atoms in total. The van der Waals surface area contributed by atoms with E-state index in [9.17, 15) is 4.79 Å². The zero-order valence-electron chi connectivity index (χ0n) is 17.6. The number of carbonyl (C=O) groups excluding carboxylic acids is 1. The van der Waals surface area contributed by atoms with Gasteiger partial charge >= 0.3 is 0 Å². The fourth-order valence-corrected chi connectivity index (χ4v) is 3.98. The van der Waals surface area contributed by atoms with Gasteiger partial charge in [0.25, 0.3) is 0 Å². The summed E-state index contributed by atoms with van der Waals surface area (Å²) < 4.78 is 10.5. The summed E-state index contributed by atoms with van der Waals surface area (Å²) in [5.74, 6) is 2.68. The van der Waals surface area contributed by atoms with Gasteiger partial charge in [0.2, 0.25) is 5.24 Å². The maximum Gasteiger partial charge on any atom is 0.225 e. The zero-order valence-corrected chi connectivity index (χ0v) is 18.4. The molecule has 2 unspecified atom stereocenters. The van der Waals surface area contributed by atoms with Crippen molar-refractivity contribution in [1.29, 1.82) is 0 Å². The molecule has 2 atom stereocenters. The lowest BCUT2D eigenvalue weighted by Crippen LogP contribution is -2.23. The van der Waals surface area contributed by atoms with Gasteiger partial charge in [-0.1, -0.05) is 30.3 Å². The highest BCUT2D eigenvalue weighted by Crippen LogP contribution is 2.48. The Kier molecular flexibility index (Phi) is 6.42. The van der Waals surface area contributed by atoms with Gasteiger partial charge in [-0.05, 0) is 71.0 Å². The van der Waals surface area contributed by atoms with Crippen LogP contribution < -0.4 is 14.4 Å². The maximum absolute atomic E-state index is 11.4. The standard InChI is InChI=1S/C25H25ClN2O3/c1-30-20-8-3-17(4-9-20)15-28(16-18-5-10-21(31-2)11-6-18)24-12-7-19(14-27-24)22-13-23(22)25(26)29/h3-12,14,22-23H,13,15-16H2,1-2H3. The van der Waals surface area contributed by atoms with E-state index in [0.717, 1.165) is 40.4 Å². The molecule has 6 heteroatoms. The first-order chi connectivity index (χ1) is 15.1. The molecule has 0 aliphatic heterocycles. The largest absolute Gasteiger partial charge is 0.497 e. The van der Waals surface area contributed by atoms with Crippen molar-refractivity contribution in [1.82, 2.24) is 4.98 Å². The molecular formula is C25H25ClN2O3. The highest BCUT2D eigenvalue weighted by Gasteiger charge is 2.43. The average Bonchev–Trinajstić information content (AvgIpc) is 3.61. The molecular weight excluding hydrogens is 412 g/mol. The molecule has 1 heterocycles. The van der Waals surface area contributed by atoms with Crippen LogP contribution in [0.2, 0.25) is 0 Å². The molecule has 1 aromatic heterocycles. The Morgan fingerprint density at radius 3 is 1.87 bits per heavy atom. The molecule has 4 rings (SSSR count). The number of halogens is 1. The number of rotatable bonds is 9. The van der Waals surface area contributed by atoms with E-state index in [1.165, 1.54) is 0 Å². The summed E-state index contributed by atoms with van der Waals surface area (Å²) in [6.45, 7) is 1.41. The molecule has 2 aromatic carbocycles. The topological polar surface area (TPSA) is 51.7 Å². The van der Waals surface area contributed by atoms with Gasteiger partial charge < -0.3 is 14.4 Å². The van der Waals surface area contributed by atoms with Crippen molar-refractivity contribution in [2.45, 2.75) is 25.4 Å². The summed E-state index contributed by atoms with van der Waals surface area (Å²) in [6, 6.07) is 20.2. The smallest absolute Gasteiger partial charge is 0.225 e. The lowest BCUT2D eigenvalue weighted by molar-refractivity contribution is -0.112. The van der Waals surface area contributed by atoms with Gasteiger partial charge in [0, 0.05) is 25.2 Å². The second kappa shape index (κ2) is 9.40. The van der Waals surface area contributed by atoms with E-state index < -0.39 is 0 Å². The van der Waals surface area contributed by atoms with E-state index >= 15 is 0 Å². The lowest BCUT2D eigenvalue weighted by atomic mass is 10.1. The summed E-state index contributed by atoms with van der Waals surface area (Å²) >= 11 is 5.64. The summed E-state index contributed by atoms with van der Waals surface area (Å²) in [7, 11) is 3.33. The van der Waals surface area contributed by atoms with Crippen LogP contribution in [0.1, 0.15) is 29.0 Å². The monoisotopic (exact) mass is 436 g/mol. The average molecular weight is 437 g/mol. The van der Waals surface area contributed by atoms with Crippen LogP contribution in [0.3, 0.4) is 0 Å². The van der Waals surface area contributed by atoms with E-state index in [1.807, 2.05) is 36.5 Å². The zero-order chi connectivity index (χ0) is 21.8. The van der Waals surface area contributed by atoms with Crippen LogP contribution >= 0.6 is 11.6 Å². The SMILES string of the molecule is COc1ccc(CN(Cc2ccc(OC)cc2)c2ccc(C3CC3C(=O)Cl)cn2)cc1. The first-order valence-electron chi connectivity index (χ1n) is 10.2. The fraction of sp³-hybridized carbons (Fsp3) is 0.280. The van der Waals surface area contributed by atoms with Crippen LogP contribution in [0.15, 0.2) is 66.9 Å². The maximum atomic E-state index is 11.4. The number of methoxy groups -OCH3 is 2. The summed E-state index contributed by atoms with van der Waals surface area (Å²) in [4.78, 5) is 18.3. The molecule has 0 spiro atoms. The quantitative estimate of drug-likeness (QED) is 0.433. The minimum Gasteiger partial charge on any atom is -0.497 e. The van der Waals surface area contributed by atoms with Crippen LogP contribution in [0.25, 0.3) is 0 Å². The van der Waals surface area contributed by atoms with Gasteiger partial charge in [0.05, 0.1) is 14.2 Å². The van der Waals surface area contributed by atoms with Gasteiger partial charge in [-0.2, -0.15) is 0 Å². The van der Waals surface area contributed by atoms with Crippen molar-refractivity contribution in [3.8, 4) is 11.5 Å². The van der Waals surface area contributed by atoms with E-state index in [0.29, 0.717) is 13.1 Å². The number of pyridine rings is 1. The van der Waals surface area contributed by atoms with Crippen molar-refractivity contribution in [3.05, 3.63) is 83.6 Å². The third-order valence-corrected chi connectivity index (χ3v) is 5.95. The molecule has 1 fully saturated rings. The Bertz CT molecular complexity index is 971. The van der Waals surface area contributed by atoms with Crippen LogP contribution in [0.4, 0.5) is 5.82 Å². The van der Waals surface area contributed by atoms with Crippen LogP contribution in [0, 0.1) is 5.92 Å². The second-order valence-corrected chi connectivity index (χ2v) is 8.13. The predicted molar refractivity (Wildman–Crippen MR) is 122 cm³/mol. The van der Waals surface area contributed by atoms with Crippen molar-refractivity contribution in [2.24, 2.45) is 5.92 Å². The molecule has 0 bridgehead atoms. The summed E-state index contributed by atoms with van der Waals surface area (Å²) in [5, 5.41) is -0.255. The molecule has 0 N–H and O–H groups in total. The minimum atomic E-state index is -0.255. The Labute approximate surface area is 187 Å². The van der Waals surface area contributed by atoms with Crippen molar-refractivity contribution in [2.75, 3.05) is 19.1 Å².